The highest BCUT2D eigenvalue weighted by Crippen LogP contribution is 2.32. The highest BCUT2D eigenvalue weighted by Gasteiger charge is 2.38. The SMILES string of the molecule is CCN(C(=O)CC(CC)(CC)C(=O)O)C(C)COC. The minimum absolute atomic E-state index is 0.0392. The maximum Gasteiger partial charge on any atom is 0.310 e. The quantitative estimate of drug-likeness (QED) is 0.699. The number of methoxy groups -OCH3 is 1. The molecule has 1 N–H and O–H groups in total. The van der Waals surface area contributed by atoms with Crippen molar-refractivity contribution in [3.8, 4) is 0 Å². The Morgan fingerprint density at radius 3 is 2.11 bits per heavy atom. The minimum atomic E-state index is -0.947. The third-order valence-corrected chi connectivity index (χ3v) is 3.90. The van der Waals surface area contributed by atoms with Crippen molar-refractivity contribution in [1.82, 2.24) is 4.90 Å². The molecule has 112 valence electrons. The van der Waals surface area contributed by atoms with Crippen LogP contribution in [-0.4, -0.2) is 48.2 Å². The van der Waals surface area contributed by atoms with Gasteiger partial charge in [-0.3, -0.25) is 9.59 Å². The summed E-state index contributed by atoms with van der Waals surface area (Å²) in [5.41, 5.74) is -0.947. The van der Waals surface area contributed by atoms with Gasteiger partial charge in [-0.05, 0) is 26.7 Å². The summed E-state index contributed by atoms with van der Waals surface area (Å²) in [5.74, 6) is -1.00. The van der Waals surface area contributed by atoms with Crippen molar-refractivity contribution < 1.29 is 19.4 Å². The van der Waals surface area contributed by atoms with Crippen LogP contribution < -0.4 is 0 Å². The average Bonchev–Trinajstić information content (AvgIpc) is 2.36. The zero-order valence-electron chi connectivity index (χ0n) is 12.7. The van der Waals surface area contributed by atoms with Gasteiger partial charge in [-0.1, -0.05) is 13.8 Å². The molecule has 0 aliphatic heterocycles. The standard InChI is InChI=1S/C14H27NO4/c1-6-14(7-2,13(17)18)9-12(16)15(8-3)11(4)10-19-5/h11H,6-10H2,1-5H3,(H,17,18). The topological polar surface area (TPSA) is 66.8 Å². The van der Waals surface area contributed by atoms with Crippen LogP contribution in [0.4, 0.5) is 0 Å². The molecule has 1 amide bonds. The Morgan fingerprint density at radius 2 is 1.79 bits per heavy atom. The molecule has 19 heavy (non-hydrogen) atoms. The molecule has 0 aromatic rings. The van der Waals surface area contributed by atoms with E-state index in [-0.39, 0.29) is 18.4 Å². The second-order valence-electron chi connectivity index (χ2n) is 4.95. The van der Waals surface area contributed by atoms with Crippen LogP contribution in [0.15, 0.2) is 0 Å². The third kappa shape index (κ3) is 4.49. The van der Waals surface area contributed by atoms with Gasteiger partial charge in [-0.2, -0.15) is 0 Å². The van der Waals surface area contributed by atoms with E-state index in [2.05, 4.69) is 0 Å². The predicted molar refractivity (Wildman–Crippen MR) is 74.0 cm³/mol. The Labute approximate surface area is 115 Å². The Hall–Kier alpha value is -1.10. The normalized spacial score (nSPS) is 13.1. The van der Waals surface area contributed by atoms with Gasteiger partial charge in [0.15, 0.2) is 0 Å². The fourth-order valence-corrected chi connectivity index (χ4v) is 2.33. The number of ether oxygens (including phenoxy) is 1. The van der Waals surface area contributed by atoms with Gasteiger partial charge in [0.1, 0.15) is 0 Å². The number of carboxylic acids is 1. The molecule has 0 fully saturated rings. The summed E-state index contributed by atoms with van der Waals surface area (Å²) in [4.78, 5) is 25.5. The molecular formula is C14H27NO4. The van der Waals surface area contributed by atoms with Gasteiger partial charge in [-0.15, -0.1) is 0 Å². The molecule has 0 aromatic heterocycles. The van der Waals surface area contributed by atoms with E-state index in [1.807, 2.05) is 27.7 Å². The largest absolute Gasteiger partial charge is 0.481 e. The predicted octanol–water partition coefficient (Wildman–Crippen LogP) is 2.15. The van der Waals surface area contributed by atoms with Crippen LogP contribution in [0.1, 0.15) is 47.0 Å². The Kier molecular flexibility index (Phi) is 7.68. The molecular weight excluding hydrogens is 246 g/mol. The van der Waals surface area contributed by atoms with Crippen LogP contribution in [0.2, 0.25) is 0 Å². The number of carbonyl (C=O) groups excluding carboxylic acids is 1. The van der Waals surface area contributed by atoms with Gasteiger partial charge >= 0.3 is 5.97 Å². The van der Waals surface area contributed by atoms with Crippen molar-refractivity contribution >= 4 is 11.9 Å². The molecule has 0 rings (SSSR count). The van der Waals surface area contributed by atoms with E-state index in [9.17, 15) is 14.7 Å². The Morgan fingerprint density at radius 1 is 1.26 bits per heavy atom. The van der Waals surface area contributed by atoms with Crippen molar-refractivity contribution in [1.29, 1.82) is 0 Å². The van der Waals surface area contributed by atoms with Crippen molar-refractivity contribution in [3.05, 3.63) is 0 Å². The summed E-state index contributed by atoms with van der Waals surface area (Å²) in [7, 11) is 1.59. The lowest BCUT2D eigenvalue weighted by Gasteiger charge is -2.32. The second kappa shape index (κ2) is 8.15. The minimum Gasteiger partial charge on any atom is -0.481 e. The van der Waals surface area contributed by atoms with E-state index in [0.717, 1.165) is 0 Å². The number of carbonyl (C=O) groups is 2. The number of hydrogen-bond acceptors (Lipinski definition) is 3. The summed E-state index contributed by atoms with van der Waals surface area (Å²) in [6.45, 7) is 8.46. The van der Waals surface area contributed by atoms with Crippen molar-refractivity contribution in [2.45, 2.75) is 53.0 Å². The summed E-state index contributed by atoms with van der Waals surface area (Å²) in [6, 6.07) is -0.0392. The molecule has 0 saturated heterocycles. The smallest absolute Gasteiger partial charge is 0.310 e. The van der Waals surface area contributed by atoms with E-state index in [4.69, 9.17) is 4.74 Å². The Balaban J connectivity index is 4.93. The maximum atomic E-state index is 12.3. The van der Waals surface area contributed by atoms with Crippen molar-refractivity contribution in [2.24, 2.45) is 5.41 Å². The molecule has 0 bridgehead atoms. The van der Waals surface area contributed by atoms with Crippen LogP contribution in [0.25, 0.3) is 0 Å². The average molecular weight is 273 g/mol. The molecule has 0 aliphatic carbocycles. The number of aliphatic carboxylic acids is 1. The fourth-order valence-electron chi connectivity index (χ4n) is 2.33. The zero-order valence-corrected chi connectivity index (χ0v) is 12.7. The lowest BCUT2D eigenvalue weighted by atomic mass is 9.79. The molecule has 1 unspecified atom stereocenters. The number of rotatable bonds is 9. The third-order valence-electron chi connectivity index (χ3n) is 3.90. The first-order valence-corrected chi connectivity index (χ1v) is 6.90. The van der Waals surface area contributed by atoms with Crippen LogP contribution in [0.5, 0.6) is 0 Å². The number of carboxylic acid groups (broad SMARTS) is 1. The van der Waals surface area contributed by atoms with E-state index in [1.165, 1.54) is 0 Å². The molecule has 1 atom stereocenters. The van der Waals surface area contributed by atoms with Crippen LogP contribution in [0, 0.1) is 5.41 Å². The molecule has 0 aliphatic rings. The maximum absolute atomic E-state index is 12.3. The molecule has 0 spiro atoms. The van der Waals surface area contributed by atoms with Gasteiger partial charge in [0.05, 0.1) is 18.1 Å². The lowest BCUT2D eigenvalue weighted by molar-refractivity contribution is -0.155. The van der Waals surface area contributed by atoms with E-state index in [0.29, 0.717) is 26.0 Å². The molecule has 5 heteroatoms. The fraction of sp³-hybridized carbons (Fsp3) is 0.857. The van der Waals surface area contributed by atoms with E-state index >= 15 is 0 Å². The van der Waals surface area contributed by atoms with E-state index < -0.39 is 11.4 Å². The Bertz CT molecular complexity index is 300. The van der Waals surface area contributed by atoms with Gasteiger partial charge in [0.25, 0.3) is 0 Å². The molecule has 0 heterocycles. The van der Waals surface area contributed by atoms with Crippen LogP contribution in [-0.2, 0) is 14.3 Å². The monoisotopic (exact) mass is 273 g/mol. The number of hydrogen-bond donors (Lipinski definition) is 1. The summed E-state index contributed by atoms with van der Waals surface area (Å²) >= 11 is 0. The number of likely N-dealkylation sites (N-methyl/N-ethyl adjacent to an activating group) is 1. The highest BCUT2D eigenvalue weighted by molar-refractivity contribution is 5.85. The van der Waals surface area contributed by atoms with E-state index in [1.54, 1.807) is 12.0 Å². The van der Waals surface area contributed by atoms with Crippen molar-refractivity contribution in [3.63, 3.8) is 0 Å². The molecule has 5 nitrogen and oxygen atoms in total. The first-order valence-electron chi connectivity index (χ1n) is 6.90. The lowest BCUT2D eigenvalue weighted by Crippen LogP contribution is -2.44. The summed E-state index contributed by atoms with van der Waals surface area (Å²) in [5, 5.41) is 9.37. The highest BCUT2D eigenvalue weighted by atomic mass is 16.5. The van der Waals surface area contributed by atoms with Crippen LogP contribution in [0.3, 0.4) is 0 Å². The van der Waals surface area contributed by atoms with Gasteiger partial charge in [-0.25, -0.2) is 0 Å². The van der Waals surface area contributed by atoms with Gasteiger partial charge in [0.2, 0.25) is 5.91 Å². The summed E-state index contributed by atoms with van der Waals surface area (Å²) < 4.78 is 5.06. The second-order valence-corrected chi connectivity index (χ2v) is 4.95. The summed E-state index contributed by atoms with van der Waals surface area (Å²) in [6.07, 6.45) is 0.971. The van der Waals surface area contributed by atoms with Gasteiger partial charge < -0.3 is 14.7 Å². The molecule has 0 radical (unpaired) electrons. The van der Waals surface area contributed by atoms with Crippen molar-refractivity contribution in [2.75, 3.05) is 20.3 Å². The molecule has 0 saturated carbocycles. The van der Waals surface area contributed by atoms with Crippen LogP contribution >= 0.6 is 0 Å². The molecule has 0 aromatic carbocycles. The number of amides is 1. The zero-order chi connectivity index (χ0) is 15.1. The number of nitrogens with zero attached hydrogens (tertiary/aromatic N) is 1. The first kappa shape index (κ1) is 17.9. The first-order chi connectivity index (χ1) is 8.88. The van der Waals surface area contributed by atoms with Gasteiger partial charge in [0, 0.05) is 20.1 Å².